The number of fused-ring (bicyclic) bond motifs is 1. The van der Waals surface area contributed by atoms with E-state index < -0.39 is 4.92 Å². The molecule has 2 aliphatic rings. The number of nitro benzene ring substituents is 1. The third-order valence-corrected chi connectivity index (χ3v) is 3.59. The van der Waals surface area contributed by atoms with Crippen LogP contribution < -0.4 is 15.4 Å². The number of ether oxygens (including phenoxy) is 1. The number of hydrogen-bond donors (Lipinski definition) is 2. The molecule has 20 heavy (non-hydrogen) atoms. The number of benzene rings is 1. The minimum atomic E-state index is -0.473. The number of carbonyl (C=O) groups is 1. The molecule has 3 rings (SSSR count). The molecule has 1 saturated heterocycles. The molecule has 2 heterocycles. The lowest BCUT2D eigenvalue weighted by Gasteiger charge is -2.19. The van der Waals surface area contributed by atoms with E-state index in [2.05, 4.69) is 10.6 Å². The molecular formula is C13H15N3O4. The highest BCUT2D eigenvalue weighted by atomic mass is 16.6. The molecule has 1 atom stereocenters. The molecule has 0 radical (unpaired) electrons. The summed E-state index contributed by atoms with van der Waals surface area (Å²) < 4.78 is 5.74. The van der Waals surface area contributed by atoms with Gasteiger partial charge in [0.25, 0.3) is 0 Å². The molecule has 1 unspecified atom stereocenters. The zero-order chi connectivity index (χ0) is 14.1. The fraction of sp³-hybridized carbons (Fsp3) is 0.462. The number of rotatable bonds is 3. The Hall–Kier alpha value is -2.15. The molecule has 1 fully saturated rings. The van der Waals surface area contributed by atoms with Crippen molar-refractivity contribution in [1.29, 1.82) is 0 Å². The molecule has 7 nitrogen and oxygen atoms in total. The Bertz CT molecular complexity index is 567. The zero-order valence-electron chi connectivity index (χ0n) is 10.8. The van der Waals surface area contributed by atoms with Crippen LogP contribution in [0, 0.1) is 10.1 Å². The number of amides is 1. The largest absolute Gasteiger partial charge is 0.482 e. The van der Waals surface area contributed by atoms with Gasteiger partial charge in [-0.15, -0.1) is 0 Å². The van der Waals surface area contributed by atoms with Crippen LogP contribution in [0.4, 0.5) is 11.4 Å². The highest BCUT2D eigenvalue weighted by Gasteiger charge is 2.26. The summed E-state index contributed by atoms with van der Waals surface area (Å²) in [6.07, 6.45) is 1.78. The van der Waals surface area contributed by atoms with Gasteiger partial charge in [-0.2, -0.15) is 0 Å². The van der Waals surface area contributed by atoms with Crippen LogP contribution in [-0.4, -0.2) is 30.0 Å². The Balaban J connectivity index is 1.94. The average molecular weight is 277 g/mol. The summed E-state index contributed by atoms with van der Waals surface area (Å²) in [7, 11) is 0. The van der Waals surface area contributed by atoms with Crippen LogP contribution in [-0.2, 0) is 11.2 Å². The van der Waals surface area contributed by atoms with Crippen molar-refractivity contribution in [3.05, 3.63) is 27.8 Å². The maximum atomic E-state index is 11.4. The summed E-state index contributed by atoms with van der Waals surface area (Å²) in [5, 5.41) is 17.0. The van der Waals surface area contributed by atoms with Gasteiger partial charge in [0.15, 0.2) is 5.75 Å². The first-order valence-electron chi connectivity index (χ1n) is 6.62. The molecular weight excluding hydrogens is 262 g/mol. The molecule has 0 aromatic heterocycles. The van der Waals surface area contributed by atoms with Gasteiger partial charge in [-0.05, 0) is 31.0 Å². The zero-order valence-corrected chi connectivity index (χ0v) is 10.8. The average Bonchev–Trinajstić information content (AvgIpc) is 2.91. The first kappa shape index (κ1) is 12.9. The lowest BCUT2D eigenvalue weighted by atomic mass is 10.0. The Morgan fingerprint density at radius 3 is 2.90 bits per heavy atom. The molecule has 0 aliphatic carbocycles. The SMILES string of the molecule is O=C1CCc2cc(OC3CCNC3)c([N+](=O)[O-])cc2N1. The number of nitrogens with zero attached hydrogens (tertiary/aromatic N) is 1. The standard InChI is InChI=1S/C13H15N3O4/c17-13-2-1-8-5-12(20-9-3-4-14-7-9)11(16(18)19)6-10(8)15-13/h5-6,9,14H,1-4,7H2,(H,15,17). The fourth-order valence-electron chi connectivity index (χ4n) is 2.54. The van der Waals surface area contributed by atoms with Gasteiger partial charge in [-0.25, -0.2) is 0 Å². The Kier molecular flexibility index (Phi) is 3.27. The molecule has 0 spiro atoms. The van der Waals surface area contributed by atoms with E-state index in [1.165, 1.54) is 6.07 Å². The van der Waals surface area contributed by atoms with Crippen LogP contribution in [0.5, 0.6) is 5.75 Å². The van der Waals surface area contributed by atoms with Gasteiger partial charge in [0, 0.05) is 19.0 Å². The number of aryl methyl sites for hydroxylation is 1. The minimum absolute atomic E-state index is 0.0371. The Labute approximate surface area is 115 Å². The molecule has 0 saturated carbocycles. The smallest absolute Gasteiger partial charge is 0.313 e. The van der Waals surface area contributed by atoms with Crippen molar-refractivity contribution < 1.29 is 14.5 Å². The monoisotopic (exact) mass is 277 g/mol. The molecule has 106 valence electrons. The maximum absolute atomic E-state index is 11.4. The van der Waals surface area contributed by atoms with Crippen molar-refractivity contribution in [2.24, 2.45) is 0 Å². The van der Waals surface area contributed by atoms with E-state index >= 15 is 0 Å². The van der Waals surface area contributed by atoms with Crippen molar-refractivity contribution in [2.75, 3.05) is 18.4 Å². The normalized spacial score (nSPS) is 21.2. The van der Waals surface area contributed by atoms with Gasteiger partial charge in [-0.1, -0.05) is 0 Å². The minimum Gasteiger partial charge on any atom is -0.482 e. The third kappa shape index (κ3) is 2.44. The second kappa shape index (κ2) is 5.09. The van der Waals surface area contributed by atoms with Crippen molar-refractivity contribution in [1.82, 2.24) is 5.32 Å². The van der Waals surface area contributed by atoms with Crippen LogP contribution >= 0.6 is 0 Å². The third-order valence-electron chi connectivity index (χ3n) is 3.59. The number of carbonyl (C=O) groups excluding carboxylic acids is 1. The van der Waals surface area contributed by atoms with Crippen molar-refractivity contribution in [3.63, 3.8) is 0 Å². The summed E-state index contributed by atoms with van der Waals surface area (Å²) in [6, 6.07) is 3.08. The first-order chi connectivity index (χ1) is 9.63. The van der Waals surface area contributed by atoms with Gasteiger partial charge < -0.3 is 15.4 Å². The molecule has 1 aromatic carbocycles. The number of nitro groups is 1. The van der Waals surface area contributed by atoms with E-state index in [-0.39, 0.29) is 17.7 Å². The number of hydrogen-bond acceptors (Lipinski definition) is 5. The maximum Gasteiger partial charge on any atom is 0.313 e. The first-order valence-corrected chi connectivity index (χ1v) is 6.62. The van der Waals surface area contributed by atoms with Crippen LogP contribution in [0.25, 0.3) is 0 Å². The van der Waals surface area contributed by atoms with Crippen molar-refractivity contribution in [3.8, 4) is 5.75 Å². The van der Waals surface area contributed by atoms with Crippen LogP contribution in [0.15, 0.2) is 12.1 Å². The molecule has 2 aliphatic heterocycles. The summed E-state index contributed by atoms with van der Waals surface area (Å²) in [6.45, 7) is 1.56. The molecule has 0 bridgehead atoms. The van der Waals surface area contributed by atoms with E-state index in [1.54, 1.807) is 6.07 Å². The summed E-state index contributed by atoms with van der Waals surface area (Å²) in [5.41, 5.74) is 1.30. The summed E-state index contributed by atoms with van der Waals surface area (Å²) in [4.78, 5) is 22.0. The van der Waals surface area contributed by atoms with Gasteiger partial charge in [0.1, 0.15) is 6.10 Å². The molecule has 7 heteroatoms. The number of anilines is 1. The summed E-state index contributed by atoms with van der Waals surface area (Å²) in [5.74, 6) is 0.180. The molecule has 1 amide bonds. The van der Waals surface area contributed by atoms with E-state index in [4.69, 9.17) is 4.74 Å². The fourth-order valence-corrected chi connectivity index (χ4v) is 2.54. The van der Waals surface area contributed by atoms with E-state index in [1.807, 2.05) is 0 Å². The van der Waals surface area contributed by atoms with Gasteiger partial charge in [0.05, 0.1) is 10.6 Å². The van der Waals surface area contributed by atoms with Crippen molar-refractivity contribution in [2.45, 2.75) is 25.4 Å². The van der Waals surface area contributed by atoms with Crippen LogP contribution in [0.3, 0.4) is 0 Å². The van der Waals surface area contributed by atoms with Crippen LogP contribution in [0.1, 0.15) is 18.4 Å². The van der Waals surface area contributed by atoms with E-state index in [9.17, 15) is 14.9 Å². The highest BCUT2D eigenvalue weighted by Crippen LogP contribution is 2.36. The quantitative estimate of drug-likeness (QED) is 0.640. The number of nitrogens with one attached hydrogen (secondary N) is 2. The topological polar surface area (TPSA) is 93.5 Å². The second-order valence-corrected chi connectivity index (χ2v) is 5.02. The Morgan fingerprint density at radius 1 is 1.35 bits per heavy atom. The predicted octanol–water partition coefficient (Wildman–Crippen LogP) is 1.22. The van der Waals surface area contributed by atoms with E-state index in [0.29, 0.717) is 30.8 Å². The molecule has 1 aromatic rings. The lowest BCUT2D eigenvalue weighted by Crippen LogP contribution is -2.22. The second-order valence-electron chi connectivity index (χ2n) is 5.02. The molecule has 2 N–H and O–H groups in total. The lowest BCUT2D eigenvalue weighted by molar-refractivity contribution is -0.386. The Morgan fingerprint density at radius 2 is 2.20 bits per heavy atom. The van der Waals surface area contributed by atoms with Crippen molar-refractivity contribution >= 4 is 17.3 Å². The van der Waals surface area contributed by atoms with Gasteiger partial charge >= 0.3 is 5.69 Å². The van der Waals surface area contributed by atoms with Crippen LogP contribution in [0.2, 0.25) is 0 Å². The highest BCUT2D eigenvalue weighted by molar-refractivity contribution is 5.94. The van der Waals surface area contributed by atoms with Gasteiger partial charge in [-0.3, -0.25) is 14.9 Å². The van der Waals surface area contributed by atoms with E-state index in [0.717, 1.165) is 18.5 Å². The predicted molar refractivity (Wildman–Crippen MR) is 71.9 cm³/mol. The van der Waals surface area contributed by atoms with Gasteiger partial charge in [0.2, 0.25) is 5.91 Å². The summed E-state index contributed by atoms with van der Waals surface area (Å²) >= 11 is 0.